The zero-order valence-electron chi connectivity index (χ0n) is 19.2. The zero-order chi connectivity index (χ0) is 23.3. The summed E-state index contributed by atoms with van der Waals surface area (Å²) in [6, 6.07) is 14.7. The van der Waals surface area contributed by atoms with Crippen LogP contribution < -0.4 is 15.0 Å². The van der Waals surface area contributed by atoms with Gasteiger partial charge >= 0.3 is 0 Å². The molecular formula is C25H32ClN3O3. The van der Waals surface area contributed by atoms with Crippen LogP contribution in [0.5, 0.6) is 5.75 Å². The molecule has 0 saturated carbocycles. The molecule has 0 aliphatic carbocycles. The molecule has 0 bridgehead atoms. The van der Waals surface area contributed by atoms with E-state index in [4.69, 9.17) is 16.3 Å². The molecule has 0 unspecified atom stereocenters. The first-order chi connectivity index (χ1) is 15.1. The quantitative estimate of drug-likeness (QED) is 0.646. The standard InChI is InChI=1S/C25H32ClN3O3/c1-18(2)17-23(30)29-15-13-28(14-16-29)21-9-7-20(8-10-21)27-24(31)25(3,4)32-22-11-5-19(26)6-12-22/h5-12,18H,13-17H2,1-4H3,(H,27,31). The topological polar surface area (TPSA) is 61.9 Å². The lowest BCUT2D eigenvalue weighted by atomic mass is 10.1. The van der Waals surface area contributed by atoms with Gasteiger partial charge in [-0.2, -0.15) is 0 Å². The van der Waals surface area contributed by atoms with Gasteiger partial charge in [-0.1, -0.05) is 25.4 Å². The van der Waals surface area contributed by atoms with Gasteiger partial charge in [0.25, 0.3) is 5.91 Å². The molecule has 0 radical (unpaired) electrons. The van der Waals surface area contributed by atoms with Crippen molar-refractivity contribution in [3.8, 4) is 5.75 Å². The first kappa shape index (κ1) is 23.9. The summed E-state index contributed by atoms with van der Waals surface area (Å²) >= 11 is 5.90. The van der Waals surface area contributed by atoms with Gasteiger partial charge in [-0.15, -0.1) is 0 Å². The van der Waals surface area contributed by atoms with Gasteiger partial charge in [-0.3, -0.25) is 9.59 Å². The second-order valence-electron chi connectivity index (χ2n) is 9.03. The normalized spacial score (nSPS) is 14.4. The summed E-state index contributed by atoms with van der Waals surface area (Å²) in [4.78, 5) is 29.2. The lowest BCUT2D eigenvalue weighted by Crippen LogP contribution is -2.49. The van der Waals surface area contributed by atoms with Gasteiger partial charge in [0.2, 0.25) is 5.91 Å². The molecule has 2 aromatic rings. The monoisotopic (exact) mass is 457 g/mol. The summed E-state index contributed by atoms with van der Waals surface area (Å²) in [6.45, 7) is 10.7. The zero-order valence-corrected chi connectivity index (χ0v) is 20.0. The lowest BCUT2D eigenvalue weighted by Gasteiger charge is -2.36. The van der Waals surface area contributed by atoms with Gasteiger partial charge in [0, 0.05) is 49.0 Å². The SMILES string of the molecule is CC(C)CC(=O)N1CCN(c2ccc(NC(=O)C(C)(C)Oc3ccc(Cl)cc3)cc2)CC1. The van der Waals surface area contributed by atoms with Crippen LogP contribution in [0.4, 0.5) is 11.4 Å². The molecule has 1 fully saturated rings. The Morgan fingerprint density at radius 3 is 2.16 bits per heavy atom. The first-order valence-corrected chi connectivity index (χ1v) is 11.4. The molecule has 1 saturated heterocycles. The Kier molecular flexibility index (Phi) is 7.67. The molecule has 0 spiro atoms. The Morgan fingerprint density at radius 1 is 1.00 bits per heavy atom. The molecule has 2 aromatic carbocycles. The van der Waals surface area contributed by atoms with Crippen LogP contribution in [-0.2, 0) is 9.59 Å². The molecule has 1 aliphatic heterocycles. The molecule has 1 aliphatic rings. The van der Waals surface area contributed by atoms with Gasteiger partial charge in [0.15, 0.2) is 5.60 Å². The number of halogens is 1. The van der Waals surface area contributed by atoms with Crippen molar-refractivity contribution in [1.29, 1.82) is 0 Å². The number of amides is 2. The molecule has 7 heteroatoms. The fourth-order valence-corrected chi connectivity index (χ4v) is 3.70. The molecular weight excluding hydrogens is 426 g/mol. The number of piperazine rings is 1. The minimum absolute atomic E-state index is 0.237. The van der Waals surface area contributed by atoms with Gasteiger partial charge in [0.05, 0.1) is 0 Å². The summed E-state index contributed by atoms with van der Waals surface area (Å²) < 4.78 is 5.85. The van der Waals surface area contributed by atoms with E-state index in [1.165, 1.54) is 0 Å². The highest BCUT2D eigenvalue weighted by atomic mass is 35.5. The Labute approximate surface area is 195 Å². The molecule has 1 N–H and O–H groups in total. The Hall–Kier alpha value is -2.73. The number of hydrogen-bond acceptors (Lipinski definition) is 4. The average Bonchev–Trinajstić information content (AvgIpc) is 2.75. The fraction of sp³-hybridized carbons (Fsp3) is 0.440. The van der Waals surface area contributed by atoms with Crippen molar-refractivity contribution in [2.24, 2.45) is 5.92 Å². The number of hydrogen-bond donors (Lipinski definition) is 1. The number of ether oxygens (including phenoxy) is 1. The van der Waals surface area contributed by atoms with E-state index in [0.717, 1.165) is 31.9 Å². The van der Waals surface area contributed by atoms with Crippen molar-refractivity contribution >= 4 is 34.8 Å². The van der Waals surface area contributed by atoms with Crippen molar-refractivity contribution in [1.82, 2.24) is 4.90 Å². The second kappa shape index (κ2) is 10.3. The van der Waals surface area contributed by atoms with Gasteiger partial charge in [0.1, 0.15) is 5.75 Å². The van der Waals surface area contributed by atoms with Crippen LogP contribution >= 0.6 is 11.6 Å². The van der Waals surface area contributed by atoms with E-state index in [2.05, 4.69) is 24.1 Å². The van der Waals surface area contributed by atoms with Crippen LogP contribution in [0.3, 0.4) is 0 Å². The van der Waals surface area contributed by atoms with Gasteiger partial charge in [-0.05, 0) is 68.3 Å². The van der Waals surface area contributed by atoms with Crippen molar-refractivity contribution in [3.63, 3.8) is 0 Å². The van der Waals surface area contributed by atoms with Crippen LogP contribution in [-0.4, -0.2) is 48.5 Å². The van der Waals surface area contributed by atoms with E-state index in [9.17, 15) is 9.59 Å². The predicted octanol–water partition coefficient (Wildman–Crippen LogP) is 4.83. The molecule has 6 nitrogen and oxygen atoms in total. The van der Waals surface area contributed by atoms with Crippen LogP contribution in [0.1, 0.15) is 34.1 Å². The minimum atomic E-state index is -1.05. The summed E-state index contributed by atoms with van der Waals surface area (Å²) in [6.07, 6.45) is 0.604. The Morgan fingerprint density at radius 2 is 1.59 bits per heavy atom. The van der Waals surface area contributed by atoms with Crippen molar-refractivity contribution in [2.45, 2.75) is 39.7 Å². The van der Waals surface area contributed by atoms with E-state index >= 15 is 0 Å². The summed E-state index contributed by atoms with van der Waals surface area (Å²) in [5.41, 5.74) is 0.735. The molecule has 32 heavy (non-hydrogen) atoms. The minimum Gasteiger partial charge on any atom is -0.478 e. The third-order valence-corrected chi connectivity index (χ3v) is 5.69. The molecule has 0 aromatic heterocycles. The van der Waals surface area contributed by atoms with Crippen molar-refractivity contribution in [3.05, 3.63) is 53.6 Å². The third-order valence-electron chi connectivity index (χ3n) is 5.44. The summed E-state index contributed by atoms with van der Waals surface area (Å²) in [5, 5.41) is 3.54. The summed E-state index contributed by atoms with van der Waals surface area (Å²) in [7, 11) is 0. The molecule has 0 atom stereocenters. The van der Waals surface area contributed by atoms with Crippen LogP contribution in [0.2, 0.25) is 5.02 Å². The molecule has 3 rings (SSSR count). The number of anilines is 2. The maximum absolute atomic E-state index is 12.8. The number of nitrogens with zero attached hydrogens (tertiary/aromatic N) is 2. The van der Waals surface area contributed by atoms with Crippen LogP contribution in [0.15, 0.2) is 48.5 Å². The average molecular weight is 458 g/mol. The number of benzene rings is 2. The second-order valence-corrected chi connectivity index (χ2v) is 9.47. The van der Waals surface area contributed by atoms with Crippen molar-refractivity contribution in [2.75, 3.05) is 36.4 Å². The highest BCUT2D eigenvalue weighted by molar-refractivity contribution is 6.30. The van der Waals surface area contributed by atoms with E-state index in [1.807, 2.05) is 29.2 Å². The van der Waals surface area contributed by atoms with Crippen LogP contribution in [0.25, 0.3) is 0 Å². The predicted molar refractivity (Wildman–Crippen MR) is 129 cm³/mol. The first-order valence-electron chi connectivity index (χ1n) is 11.0. The molecule has 172 valence electrons. The molecule has 1 heterocycles. The number of rotatable bonds is 7. The van der Waals surface area contributed by atoms with E-state index < -0.39 is 5.60 Å². The van der Waals surface area contributed by atoms with Gasteiger partial charge in [-0.25, -0.2) is 0 Å². The highest BCUT2D eigenvalue weighted by Gasteiger charge is 2.30. The smallest absolute Gasteiger partial charge is 0.267 e. The molecule has 2 amide bonds. The highest BCUT2D eigenvalue weighted by Crippen LogP contribution is 2.24. The number of carbonyl (C=O) groups excluding carboxylic acids is 2. The van der Waals surface area contributed by atoms with Crippen molar-refractivity contribution < 1.29 is 14.3 Å². The fourth-order valence-electron chi connectivity index (χ4n) is 3.57. The Balaban J connectivity index is 1.53. The maximum Gasteiger partial charge on any atom is 0.267 e. The number of nitrogens with one attached hydrogen (secondary N) is 1. The largest absolute Gasteiger partial charge is 0.478 e. The Bertz CT molecular complexity index is 918. The van der Waals surface area contributed by atoms with Crippen LogP contribution in [0, 0.1) is 5.92 Å². The maximum atomic E-state index is 12.8. The third kappa shape index (κ3) is 6.39. The van der Waals surface area contributed by atoms with E-state index in [1.54, 1.807) is 38.1 Å². The number of carbonyl (C=O) groups is 2. The summed E-state index contributed by atoms with van der Waals surface area (Å²) in [5.74, 6) is 0.958. The van der Waals surface area contributed by atoms with E-state index in [0.29, 0.717) is 28.8 Å². The lowest BCUT2D eigenvalue weighted by molar-refractivity contribution is -0.132. The van der Waals surface area contributed by atoms with E-state index in [-0.39, 0.29) is 11.8 Å². The van der Waals surface area contributed by atoms with Gasteiger partial charge < -0.3 is 19.9 Å².